The van der Waals surface area contributed by atoms with E-state index in [1.807, 2.05) is 13.1 Å². The number of H-pyrrole nitrogens is 1. The summed E-state index contributed by atoms with van der Waals surface area (Å²) in [7, 11) is 1.98. The van der Waals surface area contributed by atoms with Crippen LogP contribution in [0.1, 0.15) is 74.6 Å². The van der Waals surface area contributed by atoms with E-state index in [2.05, 4.69) is 66.0 Å². The highest BCUT2D eigenvalue weighted by Crippen LogP contribution is 2.37. The lowest BCUT2D eigenvalue weighted by Crippen LogP contribution is -2.35. The molecular formula is C28H38N4. The Balaban J connectivity index is 1.63. The van der Waals surface area contributed by atoms with Crippen LogP contribution in [0.5, 0.6) is 0 Å². The summed E-state index contributed by atoms with van der Waals surface area (Å²) < 4.78 is 0. The first-order chi connectivity index (χ1) is 15.5. The summed E-state index contributed by atoms with van der Waals surface area (Å²) in [6, 6.07) is 7.05. The molecule has 32 heavy (non-hydrogen) atoms. The van der Waals surface area contributed by atoms with Crippen LogP contribution in [0.4, 0.5) is 0 Å². The van der Waals surface area contributed by atoms with Crippen molar-refractivity contribution in [3.8, 4) is 0 Å². The SMILES string of the molecule is C=C(CNC)N1CCC(c2ccc3[nH]c(C4=C/CCCC(=N)/C=C\4)c(C(C)C)c3c2)CC1. The molecule has 0 radical (unpaired) electrons. The van der Waals surface area contributed by atoms with Crippen molar-refractivity contribution in [2.75, 3.05) is 26.7 Å². The van der Waals surface area contributed by atoms with Gasteiger partial charge in [-0.2, -0.15) is 0 Å². The van der Waals surface area contributed by atoms with E-state index in [1.165, 1.54) is 51.8 Å². The van der Waals surface area contributed by atoms with Gasteiger partial charge >= 0.3 is 0 Å². The highest BCUT2D eigenvalue weighted by Gasteiger charge is 2.23. The van der Waals surface area contributed by atoms with Gasteiger partial charge in [0.05, 0.1) is 0 Å². The number of nitrogens with one attached hydrogen (secondary N) is 3. The minimum absolute atomic E-state index is 0.430. The fourth-order valence-corrected chi connectivity index (χ4v) is 5.23. The van der Waals surface area contributed by atoms with Crippen molar-refractivity contribution in [1.29, 1.82) is 5.41 Å². The predicted octanol–water partition coefficient (Wildman–Crippen LogP) is 6.35. The molecule has 1 saturated heterocycles. The van der Waals surface area contributed by atoms with Gasteiger partial charge < -0.3 is 20.6 Å². The Bertz CT molecular complexity index is 1040. The predicted molar refractivity (Wildman–Crippen MR) is 138 cm³/mol. The van der Waals surface area contributed by atoms with E-state index in [9.17, 15) is 0 Å². The maximum Gasteiger partial charge on any atom is 0.0496 e. The van der Waals surface area contributed by atoms with E-state index in [0.29, 0.717) is 11.8 Å². The molecule has 0 atom stereocenters. The van der Waals surface area contributed by atoms with E-state index in [0.717, 1.165) is 44.6 Å². The second-order valence-corrected chi connectivity index (χ2v) is 9.64. The average molecular weight is 431 g/mol. The number of hydrogen-bond acceptors (Lipinski definition) is 3. The maximum absolute atomic E-state index is 8.09. The molecule has 1 aromatic heterocycles. The summed E-state index contributed by atoms with van der Waals surface area (Å²) in [6.07, 6.45) is 11.7. The molecule has 2 aliphatic rings. The van der Waals surface area contributed by atoms with Crippen LogP contribution in [0.25, 0.3) is 16.5 Å². The largest absolute Gasteiger partial charge is 0.374 e. The van der Waals surface area contributed by atoms with Gasteiger partial charge in [0.1, 0.15) is 0 Å². The average Bonchev–Trinajstić information content (AvgIpc) is 3.15. The third-order valence-corrected chi connectivity index (χ3v) is 7.00. The van der Waals surface area contributed by atoms with Crippen LogP contribution in [-0.2, 0) is 0 Å². The molecule has 1 aromatic carbocycles. The van der Waals surface area contributed by atoms with Gasteiger partial charge in [-0.1, -0.05) is 38.6 Å². The molecule has 170 valence electrons. The van der Waals surface area contributed by atoms with E-state index in [1.54, 1.807) is 0 Å². The Morgan fingerprint density at radius 2 is 2.03 bits per heavy atom. The molecule has 4 rings (SSSR count). The van der Waals surface area contributed by atoms with Crippen LogP contribution in [0.2, 0.25) is 0 Å². The maximum atomic E-state index is 8.09. The first kappa shape index (κ1) is 22.6. The molecule has 3 N–H and O–H groups in total. The number of benzene rings is 1. The highest BCUT2D eigenvalue weighted by atomic mass is 15.2. The van der Waals surface area contributed by atoms with Crippen molar-refractivity contribution < 1.29 is 0 Å². The number of piperidine rings is 1. The molecule has 0 bridgehead atoms. The lowest BCUT2D eigenvalue weighted by atomic mass is 9.87. The van der Waals surface area contributed by atoms with Crippen molar-refractivity contribution in [3.05, 3.63) is 65.5 Å². The Morgan fingerprint density at radius 1 is 1.25 bits per heavy atom. The molecule has 1 aliphatic heterocycles. The van der Waals surface area contributed by atoms with Crippen LogP contribution in [-0.4, -0.2) is 42.3 Å². The molecule has 0 unspecified atom stereocenters. The quantitative estimate of drug-likeness (QED) is 0.500. The normalized spacial score (nSPS) is 20.8. The summed E-state index contributed by atoms with van der Waals surface area (Å²) in [6.45, 7) is 11.9. The van der Waals surface area contributed by atoms with Crippen LogP contribution >= 0.6 is 0 Å². The first-order valence-corrected chi connectivity index (χ1v) is 12.2. The van der Waals surface area contributed by atoms with E-state index >= 15 is 0 Å². The molecule has 4 heteroatoms. The lowest BCUT2D eigenvalue weighted by Gasteiger charge is -2.35. The lowest BCUT2D eigenvalue weighted by molar-refractivity contribution is 0.259. The van der Waals surface area contributed by atoms with Crippen LogP contribution < -0.4 is 5.32 Å². The standard InChI is InChI=1S/C28H38N4/c1-19(2)27-25-17-23(21-13-15-32(16-14-21)20(3)18-30-4)10-12-26(25)31-28(27)22-7-5-6-8-24(29)11-9-22/h7,9-12,17,19,21,29-31H,3,5-6,8,13-16,18H2,1-2,4H3/b11-9-,22-7+,29-24?. The molecule has 0 spiro atoms. The van der Waals surface area contributed by atoms with Gasteiger partial charge in [0, 0.05) is 47.6 Å². The number of allylic oxidation sites excluding steroid dienone is 4. The zero-order chi connectivity index (χ0) is 22.7. The van der Waals surface area contributed by atoms with E-state index in [-0.39, 0.29) is 0 Å². The minimum atomic E-state index is 0.430. The van der Waals surface area contributed by atoms with Gasteiger partial charge in [-0.15, -0.1) is 0 Å². The van der Waals surface area contributed by atoms with Gasteiger partial charge in [0.15, 0.2) is 0 Å². The molecule has 1 fully saturated rings. The number of fused-ring (bicyclic) bond motifs is 1. The number of aromatic amines is 1. The number of aromatic nitrogens is 1. The monoisotopic (exact) mass is 430 g/mol. The number of rotatable bonds is 6. The molecule has 0 saturated carbocycles. The summed E-state index contributed by atoms with van der Waals surface area (Å²) in [4.78, 5) is 6.16. The Labute approximate surface area is 193 Å². The summed E-state index contributed by atoms with van der Waals surface area (Å²) >= 11 is 0. The third-order valence-electron chi connectivity index (χ3n) is 7.00. The van der Waals surface area contributed by atoms with Crippen LogP contribution in [0.3, 0.4) is 0 Å². The van der Waals surface area contributed by atoms with Crippen molar-refractivity contribution >= 4 is 22.2 Å². The molecule has 4 nitrogen and oxygen atoms in total. The van der Waals surface area contributed by atoms with Gasteiger partial charge in [-0.05, 0) is 85.9 Å². The van der Waals surface area contributed by atoms with Crippen LogP contribution in [0, 0.1) is 5.41 Å². The fraction of sp³-hybridized carbons (Fsp3) is 0.464. The minimum Gasteiger partial charge on any atom is -0.374 e. The van der Waals surface area contributed by atoms with Gasteiger partial charge in [0.2, 0.25) is 0 Å². The van der Waals surface area contributed by atoms with Crippen LogP contribution in [0.15, 0.2) is 48.7 Å². The summed E-state index contributed by atoms with van der Waals surface area (Å²) in [5.41, 5.74) is 8.48. The second-order valence-electron chi connectivity index (χ2n) is 9.64. The van der Waals surface area contributed by atoms with E-state index < -0.39 is 0 Å². The second kappa shape index (κ2) is 9.91. The van der Waals surface area contributed by atoms with Crippen molar-refractivity contribution in [2.45, 2.75) is 57.8 Å². The number of likely N-dealkylation sites (tertiary alicyclic amines) is 1. The van der Waals surface area contributed by atoms with Gasteiger partial charge in [-0.25, -0.2) is 0 Å². The number of nitrogens with zero attached hydrogens (tertiary/aromatic N) is 1. The Hall–Kier alpha value is -2.59. The number of likely N-dealkylation sites (N-methyl/N-ethyl adjacent to an activating group) is 1. The topological polar surface area (TPSA) is 54.9 Å². The molecule has 2 heterocycles. The fourth-order valence-electron chi connectivity index (χ4n) is 5.23. The summed E-state index contributed by atoms with van der Waals surface area (Å²) in [5.74, 6) is 1.04. The zero-order valence-corrected chi connectivity index (χ0v) is 19.9. The van der Waals surface area contributed by atoms with E-state index in [4.69, 9.17) is 5.41 Å². The van der Waals surface area contributed by atoms with Crippen molar-refractivity contribution in [2.24, 2.45) is 0 Å². The molecule has 0 amide bonds. The molecule has 1 aliphatic carbocycles. The Kier molecular flexibility index (Phi) is 7.00. The zero-order valence-electron chi connectivity index (χ0n) is 19.9. The van der Waals surface area contributed by atoms with Crippen molar-refractivity contribution in [3.63, 3.8) is 0 Å². The van der Waals surface area contributed by atoms with Crippen molar-refractivity contribution in [1.82, 2.24) is 15.2 Å². The van der Waals surface area contributed by atoms with Gasteiger partial charge in [0.25, 0.3) is 0 Å². The van der Waals surface area contributed by atoms with Gasteiger partial charge in [-0.3, -0.25) is 0 Å². The third kappa shape index (κ3) is 4.75. The Morgan fingerprint density at radius 3 is 2.75 bits per heavy atom. The molecule has 2 aromatic rings. The smallest absolute Gasteiger partial charge is 0.0496 e. The molecular weight excluding hydrogens is 392 g/mol. The number of hydrogen-bond donors (Lipinski definition) is 3. The summed E-state index contributed by atoms with van der Waals surface area (Å²) in [5, 5.41) is 12.7. The first-order valence-electron chi connectivity index (χ1n) is 12.2. The highest BCUT2D eigenvalue weighted by molar-refractivity contribution is 5.97.